The van der Waals surface area contributed by atoms with Gasteiger partial charge >= 0.3 is 12.0 Å². The molecule has 3 aromatic rings. The van der Waals surface area contributed by atoms with Crippen LogP contribution in [0, 0.1) is 6.92 Å². The zero-order chi connectivity index (χ0) is 23.1. The Hall–Kier alpha value is -3.38. The van der Waals surface area contributed by atoms with Crippen molar-refractivity contribution in [3.05, 3.63) is 53.6 Å². The van der Waals surface area contributed by atoms with Gasteiger partial charge in [-0.1, -0.05) is 17.8 Å². The Balaban J connectivity index is 1.80. The first-order valence-corrected chi connectivity index (χ1v) is 10.6. The molecule has 168 valence electrons. The monoisotopic (exact) mass is 478 g/mol. The summed E-state index contributed by atoms with van der Waals surface area (Å²) in [5.41, 5.74) is 1.15. The normalized spacial score (nSPS) is 11.2. The van der Waals surface area contributed by atoms with E-state index < -0.39 is 5.97 Å². The maximum atomic E-state index is 13.8. The number of ether oxygens (including phenoxy) is 3. The van der Waals surface area contributed by atoms with Crippen LogP contribution in [0.4, 0.5) is 15.0 Å². The Morgan fingerprint density at radius 2 is 2.03 bits per heavy atom. The molecule has 32 heavy (non-hydrogen) atoms. The van der Waals surface area contributed by atoms with Crippen molar-refractivity contribution in [3.8, 4) is 17.2 Å². The third-order valence-corrected chi connectivity index (χ3v) is 5.56. The lowest BCUT2D eigenvalue weighted by molar-refractivity contribution is -0.142. The molecule has 1 aromatic carbocycles. The Labute approximate surface area is 191 Å². The maximum Gasteiger partial charge on any atom is 0.343 e. The molecule has 0 saturated carbocycles. The second kappa shape index (κ2) is 10.8. The first-order chi connectivity index (χ1) is 15.5. The molecule has 9 nitrogen and oxygen atoms in total. The fourth-order valence-corrected chi connectivity index (χ4v) is 3.74. The molecule has 2 heterocycles. The van der Waals surface area contributed by atoms with Crippen molar-refractivity contribution >= 4 is 46.5 Å². The van der Waals surface area contributed by atoms with Gasteiger partial charge in [0.2, 0.25) is 11.0 Å². The van der Waals surface area contributed by atoms with E-state index in [-0.39, 0.29) is 30.8 Å². The number of thiazole rings is 1. The predicted molar refractivity (Wildman–Crippen MR) is 120 cm³/mol. The first-order valence-electron chi connectivity index (χ1n) is 9.07. The van der Waals surface area contributed by atoms with Gasteiger partial charge in [-0.3, -0.25) is 0 Å². The number of carbonyl (C=O) groups is 1. The number of halogens is 1. The van der Waals surface area contributed by atoms with Gasteiger partial charge in [-0.05, 0) is 37.3 Å². The second-order valence-corrected chi connectivity index (χ2v) is 7.70. The summed E-state index contributed by atoms with van der Waals surface area (Å²) >= 11 is 1.14. The fraction of sp³-hybridized carbons (Fsp3) is 0.200. The van der Waals surface area contributed by atoms with Crippen LogP contribution in [-0.2, 0) is 14.3 Å². The Morgan fingerprint density at radius 1 is 1.28 bits per heavy atom. The number of allylic oxidation sites excluding steroid dienone is 2. The van der Waals surface area contributed by atoms with Crippen molar-refractivity contribution in [1.29, 1.82) is 0 Å². The summed E-state index contributed by atoms with van der Waals surface area (Å²) in [6.45, 7) is 5.29. The summed E-state index contributed by atoms with van der Waals surface area (Å²) in [5.74, 6) is 0.658. The number of anilines is 2. The lowest BCUT2D eigenvalue weighted by Crippen LogP contribution is -2.12. The van der Waals surface area contributed by atoms with Crippen molar-refractivity contribution in [1.82, 2.24) is 15.2 Å². The number of hydrogen-bond donors (Lipinski definition) is 0. The van der Waals surface area contributed by atoms with Gasteiger partial charge in [-0.25, -0.2) is 9.78 Å². The molecule has 0 spiro atoms. The molecule has 0 aliphatic heterocycles. The molecule has 0 fully saturated rings. The molecule has 12 heteroatoms. The average molecular weight is 479 g/mol. The highest BCUT2D eigenvalue weighted by Gasteiger charge is 2.24. The number of carbonyl (C=O) groups excluding carboxylic acids is 1. The van der Waals surface area contributed by atoms with Gasteiger partial charge in [-0.2, -0.15) is 4.31 Å². The summed E-state index contributed by atoms with van der Waals surface area (Å²) in [7, 11) is 2.80. The summed E-state index contributed by atoms with van der Waals surface area (Å²) in [5, 5.41) is 8.22. The van der Waals surface area contributed by atoms with Gasteiger partial charge in [0.25, 0.3) is 0 Å². The number of benzene rings is 1. The molecular weight excluding hydrogens is 459 g/mol. The maximum absolute atomic E-state index is 13.8. The Kier molecular flexibility index (Phi) is 7.84. The van der Waals surface area contributed by atoms with E-state index in [1.807, 2.05) is 6.92 Å². The minimum atomic E-state index is -0.488. The van der Waals surface area contributed by atoms with E-state index in [2.05, 4.69) is 26.5 Å². The van der Waals surface area contributed by atoms with Crippen LogP contribution in [0.15, 0.2) is 47.4 Å². The van der Waals surface area contributed by atoms with E-state index in [9.17, 15) is 8.68 Å². The number of rotatable bonds is 10. The molecule has 0 unspecified atom stereocenters. The number of methoxy groups -OCH3 is 2. The predicted octanol–water partition coefficient (Wildman–Crippen LogP) is 4.90. The Bertz CT molecular complexity index is 1110. The van der Waals surface area contributed by atoms with E-state index in [1.54, 1.807) is 36.4 Å². The fourth-order valence-electron chi connectivity index (χ4n) is 2.50. The number of hydrogen-bond acceptors (Lipinski definition) is 11. The second-order valence-electron chi connectivity index (χ2n) is 6.01. The van der Waals surface area contributed by atoms with Crippen LogP contribution in [0.2, 0.25) is 0 Å². The number of aromatic nitrogens is 3. The van der Waals surface area contributed by atoms with Crippen LogP contribution in [-0.4, -0.2) is 42.0 Å². The van der Waals surface area contributed by atoms with Crippen molar-refractivity contribution in [2.24, 2.45) is 0 Å². The average Bonchev–Trinajstić information content (AvgIpc) is 3.44. The molecule has 0 atom stereocenters. The number of aryl methyl sites for hydroxylation is 1. The summed E-state index contributed by atoms with van der Waals surface area (Å²) in [6.07, 6.45) is 3.25. The zero-order valence-electron chi connectivity index (χ0n) is 17.4. The van der Waals surface area contributed by atoms with Crippen LogP contribution in [0.3, 0.4) is 0 Å². The molecule has 0 saturated heterocycles. The molecule has 0 N–H and O–H groups in total. The number of esters is 1. The molecule has 2 aromatic heterocycles. The minimum absolute atomic E-state index is 0.0783. The van der Waals surface area contributed by atoms with E-state index >= 15 is 0 Å². The van der Waals surface area contributed by atoms with Crippen LogP contribution >= 0.6 is 23.7 Å². The van der Waals surface area contributed by atoms with Crippen LogP contribution < -0.4 is 9.04 Å². The molecule has 0 aliphatic carbocycles. The van der Waals surface area contributed by atoms with Gasteiger partial charge in [0.15, 0.2) is 18.9 Å². The molecule has 3 rings (SSSR count). The quantitative estimate of drug-likeness (QED) is 0.173. The lowest BCUT2D eigenvalue weighted by atomic mass is 10.2. The highest BCUT2D eigenvalue weighted by molar-refractivity contribution is 7.96. The minimum Gasteiger partial charge on any atom is -0.494 e. The summed E-state index contributed by atoms with van der Waals surface area (Å²) in [6, 6.07) is 6.54. The van der Waals surface area contributed by atoms with E-state index in [4.69, 9.17) is 13.9 Å². The zero-order valence-corrected chi connectivity index (χ0v) is 19.0. The highest BCUT2D eigenvalue weighted by Crippen LogP contribution is 2.39. The largest absolute Gasteiger partial charge is 0.494 e. The van der Waals surface area contributed by atoms with Crippen molar-refractivity contribution in [3.63, 3.8) is 0 Å². The van der Waals surface area contributed by atoms with Gasteiger partial charge < -0.3 is 18.6 Å². The van der Waals surface area contributed by atoms with Crippen LogP contribution in [0.25, 0.3) is 17.2 Å². The van der Waals surface area contributed by atoms with Crippen LogP contribution in [0.1, 0.15) is 10.6 Å². The van der Waals surface area contributed by atoms with Crippen molar-refractivity contribution < 1.29 is 27.3 Å². The summed E-state index contributed by atoms with van der Waals surface area (Å²) in [4.78, 5) is 16.4. The van der Waals surface area contributed by atoms with E-state index in [0.717, 1.165) is 9.18 Å². The standard InChI is InChI=1S/C20H19FN4O5S2/c1-5-6-15(27-3)17-12(2)31-20(22-17)25(32-21)19-24-23-18(30-19)13-7-9-14(10-8-13)29-11-16(26)28-4/h5-10H,1,11H2,2-4H3/b15-6+. The van der Waals surface area contributed by atoms with Crippen molar-refractivity contribution in [2.45, 2.75) is 6.92 Å². The third kappa shape index (κ3) is 5.26. The Morgan fingerprint density at radius 3 is 2.66 bits per heavy atom. The highest BCUT2D eigenvalue weighted by atomic mass is 32.2. The van der Waals surface area contributed by atoms with Crippen LogP contribution in [0.5, 0.6) is 5.75 Å². The van der Waals surface area contributed by atoms with E-state index in [1.165, 1.54) is 25.6 Å². The van der Waals surface area contributed by atoms with E-state index in [0.29, 0.717) is 27.9 Å². The van der Waals surface area contributed by atoms with Gasteiger partial charge in [0, 0.05) is 10.4 Å². The smallest absolute Gasteiger partial charge is 0.343 e. The molecule has 0 radical (unpaired) electrons. The lowest BCUT2D eigenvalue weighted by Gasteiger charge is -2.09. The molecule has 0 bridgehead atoms. The third-order valence-electron chi connectivity index (χ3n) is 4.02. The summed E-state index contributed by atoms with van der Waals surface area (Å²) < 4.78 is 35.7. The molecular formula is C20H19FN4O5S2. The van der Waals surface area contributed by atoms with Gasteiger partial charge in [0.05, 0.1) is 14.2 Å². The first kappa shape index (κ1) is 23.3. The van der Waals surface area contributed by atoms with Gasteiger partial charge in [0.1, 0.15) is 17.2 Å². The molecule has 0 amide bonds. The van der Waals surface area contributed by atoms with Crippen molar-refractivity contribution in [2.75, 3.05) is 25.1 Å². The topological polar surface area (TPSA) is 99.8 Å². The SMILES string of the molecule is C=C/C=C(/OC)c1nc(N(SF)c2nnc(-c3ccc(OCC(=O)OC)cc3)o2)sc1C. The number of nitrogens with zero attached hydrogens (tertiary/aromatic N) is 4. The van der Waals surface area contributed by atoms with Gasteiger partial charge in [-0.15, -0.1) is 20.3 Å². The molecule has 0 aliphatic rings.